The molecular formula is C36H42FN2O11+. The molecule has 268 valence electrons. The van der Waals surface area contributed by atoms with Gasteiger partial charge in [0.05, 0.1) is 18.7 Å². The number of carbonyl (C=O) groups excluding carboxylic acids is 3. The zero-order chi connectivity index (χ0) is 36.6. The second-order valence-electron chi connectivity index (χ2n) is 11.9. The number of quaternary nitrogens is 1. The Morgan fingerprint density at radius 1 is 0.840 bits per heavy atom. The van der Waals surface area contributed by atoms with Gasteiger partial charge in [-0.3, -0.25) is 14.4 Å². The number of nitrogens with one attached hydrogen (secondary N) is 1. The molecule has 1 aliphatic rings. The number of nitrogens with zero attached hydrogens (tertiary/aromatic N) is 1. The van der Waals surface area contributed by atoms with Crippen molar-refractivity contribution in [1.82, 2.24) is 5.32 Å². The Kier molecular flexibility index (Phi) is 12.5. The molecule has 0 spiro atoms. The third kappa shape index (κ3) is 8.21. The molecule has 50 heavy (non-hydrogen) atoms. The fourth-order valence-corrected chi connectivity index (χ4v) is 5.90. The zero-order valence-electron chi connectivity index (χ0n) is 28.9. The third-order valence-electron chi connectivity index (χ3n) is 8.62. The highest BCUT2D eigenvalue weighted by Gasteiger charge is 2.47. The molecule has 1 fully saturated rings. The lowest BCUT2D eigenvalue weighted by Crippen LogP contribution is -2.58. The third-order valence-corrected chi connectivity index (χ3v) is 8.62. The first-order chi connectivity index (χ1) is 23.9. The topological polar surface area (TPSA) is 156 Å². The van der Waals surface area contributed by atoms with Gasteiger partial charge < -0.3 is 34.1 Å². The number of hydroxylamine groups is 3. The smallest absolute Gasteiger partial charge is 0.494 e. The van der Waals surface area contributed by atoms with E-state index in [0.29, 0.717) is 41.7 Å². The summed E-state index contributed by atoms with van der Waals surface area (Å²) in [6.45, 7) is 5.01. The number of ether oxygens (including phenoxy) is 5. The van der Waals surface area contributed by atoms with Gasteiger partial charge >= 0.3 is 12.1 Å². The number of benzene rings is 3. The summed E-state index contributed by atoms with van der Waals surface area (Å²) in [4.78, 5) is 58.7. The van der Waals surface area contributed by atoms with E-state index in [0.717, 1.165) is 5.56 Å². The van der Waals surface area contributed by atoms with Gasteiger partial charge in [0.15, 0.2) is 37.5 Å². The van der Waals surface area contributed by atoms with E-state index in [1.165, 1.54) is 57.7 Å². The van der Waals surface area contributed by atoms with Gasteiger partial charge in [0.25, 0.3) is 5.91 Å². The number of aryl methyl sites for hydroxylation is 1. The van der Waals surface area contributed by atoms with Gasteiger partial charge in [0, 0.05) is 31.8 Å². The van der Waals surface area contributed by atoms with Gasteiger partial charge in [-0.1, -0.05) is 12.1 Å². The number of likely N-dealkylation sites (tertiary alicyclic amines) is 1. The largest absolute Gasteiger partial charge is 0.556 e. The average molecular weight is 698 g/mol. The Balaban J connectivity index is 1.53. The summed E-state index contributed by atoms with van der Waals surface area (Å²) in [5.41, 5.74) is 2.19. The number of halogens is 1. The Hall–Kier alpha value is -5.05. The molecule has 2 atom stereocenters. The molecule has 2 N–H and O–H groups in total. The maximum Gasteiger partial charge on any atom is 0.556 e. The molecule has 14 heteroatoms. The SMILES string of the molecule is COCOc1cc(C)c(C(=O)NC2CCCC[N+](OC(=O)c3ccc(C(=O)c4c(OCOC)ccc(OC)c4F)cc3)(C(=O)O)C2)c(C)c1C. The molecule has 0 saturated carbocycles. The average Bonchev–Trinajstić information content (AvgIpc) is 3.30. The summed E-state index contributed by atoms with van der Waals surface area (Å²) in [5, 5.41) is 13.3. The van der Waals surface area contributed by atoms with Crippen molar-refractivity contribution in [2.24, 2.45) is 0 Å². The first kappa shape index (κ1) is 37.8. The lowest BCUT2D eigenvalue weighted by atomic mass is 9.96. The molecule has 2 amide bonds. The molecule has 0 aromatic heterocycles. The number of carboxylic acid groups (broad SMARTS) is 1. The van der Waals surface area contributed by atoms with E-state index in [4.69, 9.17) is 28.5 Å². The second kappa shape index (κ2) is 16.6. The van der Waals surface area contributed by atoms with Crippen LogP contribution in [0.2, 0.25) is 0 Å². The van der Waals surface area contributed by atoms with Gasteiger partial charge in [-0.25, -0.2) is 9.18 Å². The van der Waals surface area contributed by atoms with Crippen LogP contribution in [0.1, 0.15) is 72.6 Å². The number of methoxy groups -OCH3 is 3. The van der Waals surface area contributed by atoms with Gasteiger partial charge in [-0.05, 0) is 85.3 Å². The number of carbonyl (C=O) groups is 4. The summed E-state index contributed by atoms with van der Waals surface area (Å²) < 4.78 is 40.0. The van der Waals surface area contributed by atoms with E-state index in [9.17, 15) is 24.3 Å². The lowest BCUT2D eigenvalue weighted by Gasteiger charge is -2.30. The van der Waals surface area contributed by atoms with Gasteiger partial charge in [0.2, 0.25) is 0 Å². The Morgan fingerprint density at radius 2 is 1.46 bits per heavy atom. The van der Waals surface area contributed by atoms with Crippen LogP contribution >= 0.6 is 0 Å². The number of ketones is 1. The highest BCUT2D eigenvalue weighted by Crippen LogP contribution is 2.32. The van der Waals surface area contributed by atoms with Crippen LogP contribution in [-0.4, -0.2) is 87.6 Å². The van der Waals surface area contributed by atoms with Crippen molar-refractivity contribution >= 4 is 23.8 Å². The van der Waals surface area contributed by atoms with Crippen LogP contribution in [0, 0.1) is 26.6 Å². The normalized spacial score (nSPS) is 17.3. The van der Waals surface area contributed by atoms with E-state index in [1.54, 1.807) is 13.0 Å². The molecule has 2 unspecified atom stereocenters. The van der Waals surface area contributed by atoms with E-state index in [-0.39, 0.29) is 60.8 Å². The fourth-order valence-electron chi connectivity index (χ4n) is 5.90. The number of rotatable bonds is 12. The Bertz CT molecular complexity index is 1740. The number of amides is 2. The first-order valence-corrected chi connectivity index (χ1v) is 15.9. The van der Waals surface area contributed by atoms with Crippen LogP contribution in [0.15, 0.2) is 42.5 Å². The van der Waals surface area contributed by atoms with Crippen molar-refractivity contribution in [2.75, 3.05) is 48.0 Å². The zero-order valence-corrected chi connectivity index (χ0v) is 28.9. The molecule has 1 saturated heterocycles. The fraction of sp³-hybridized carbons (Fsp3) is 0.389. The molecule has 0 bridgehead atoms. The predicted molar refractivity (Wildman–Crippen MR) is 177 cm³/mol. The van der Waals surface area contributed by atoms with Crippen LogP contribution in [0.25, 0.3) is 0 Å². The molecule has 3 aromatic carbocycles. The summed E-state index contributed by atoms with van der Waals surface area (Å²) in [7, 11) is 4.15. The minimum atomic E-state index is -1.40. The van der Waals surface area contributed by atoms with Crippen LogP contribution in [0.4, 0.5) is 9.18 Å². The van der Waals surface area contributed by atoms with Crippen molar-refractivity contribution in [3.63, 3.8) is 0 Å². The summed E-state index contributed by atoms with van der Waals surface area (Å²) in [6.07, 6.45) is 0.0776. The summed E-state index contributed by atoms with van der Waals surface area (Å²) >= 11 is 0. The van der Waals surface area contributed by atoms with Crippen molar-refractivity contribution in [3.8, 4) is 17.2 Å². The van der Waals surface area contributed by atoms with Crippen molar-refractivity contribution in [1.29, 1.82) is 0 Å². The molecule has 1 heterocycles. The molecule has 3 aromatic rings. The molecule has 13 nitrogen and oxygen atoms in total. The van der Waals surface area contributed by atoms with Crippen LogP contribution in [0.5, 0.6) is 17.2 Å². The number of hydrogen-bond acceptors (Lipinski definition) is 10. The Morgan fingerprint density at radius 3 is 2.08 bits per heavy atom. The van der Waals surface area contributed by atoms with Gasteiger partial charge in [-0.15, -0.1) is 0 Å². The maximum absolute atomic E-state index is 15.2. The van der Waals surface area contributed by atoms with E-state index in [2.05, 4.69) is 5.32 Å². The highest BCUT2D eigenvalue weighted by atomic mass is 19.1. The van der Waals surface area contributed by atoms with Crippen molar-refractivity contribution in [2.45, 2.75) is 46.1 Å². The van der Waals surface area contributed by atoms with E-state index in [1.807, 2.05) is 13.8 Å². The Labute approximate surface area is 289 Å². The van der Waals surface area contributed by atoms with Crippen molar-refractivity contribution < 1.29 is 61.8 Å². The van der Waals surface area contributed by atoms with Crippen LogP contribution in [0.3, 0.4) is 0 Å². The predicted octanol–water partition coefficient (Wildman–Crippen LogP) is 5.51. The molecular weight excluding hydrogens is 655 g/mol. The number of hydrogen-bond donors (Lipinski definition) is 2. The first-order valence-electron chi connectivity index (χ1n) is 15.9. The lowest BCUT2D eigenvalue weighted by molar-refractivity contribution is -1.03. The molecule has 1 aliphatic heterocycles. The molecule has 0 aliphatic carbocycles. The maximum atomic E-state index is 15.2. The van der Waals surface area contributed by atoms with E-state index < -0.39 is 34.4 Å². The van der Waals surface area contributed by atoms with Crippen molar-refractivity contribution in [3.05, 3.63) is 87.2 Å². The summed E-state index contributed by atoms with van der Waals surface area (Å²) in [6, 6.07) is 8.98. The second-order valence-corrected chi connectivity index (χ2v) is 11.9. The van der Waals surface area contributed by atoms with Gasteiger partial charge in [0.1, 0.15) is 23.6 Å². The monoisotopic (exact) mass is 697 g/mol. The summed E-state index contributed by atoms with van der Waals surface area (Å²) in [5.74, 6) is -2.66. The quantitative estimate of drug-likeness (QED) is 0.140. The molecule has 4 rings (SSSR count). The minimum Gasteiger partial charge on any atom is -0.494 e. The minimum absolute atomic E-state index is 0.0217. The van der Waals surface area contributed by atoms with Gasteiger partial charge in [-0.2, -0.15) is 4.79 Å². The van der Waals surface area contributed by atoms with Crippen LogP contribution in [-0.2, 0) is 14.3 Å². The molecule has 0 radical (unpaired) electrons. The van der Waals surface area contributed by atoms with E-state index >= 15 is 4.39 Å². The standard InChI is InChI=1S/C36H41FN2O11/c1-21-17-29(49-20-46-5)22(2)23(3)30(21)34(41)38-26-9-7-8-16-39(18-26,36(43)44)50-35(42)25-12-10-24(11-13-25)33(40)31-27(48-19-45-4)14-15-28(47-6)32(31)37/h10-15,17,26H,7-9,16,18-20H2,1-6H3,(H-,38,41,43,44)/p+1. The van der Waals surface area contributed by atoms with Crippen LogP contribution < -0.4 is 19.5 Å². The highest BCUT2D eigenvalue weighted by molar-refractivity contribution is 6.11.